The Morgan fingerprint density at radius 3 is 2.70 bits per heavy atom. The predicted octanol–water partition coefficient (Wildman–Crippen LogP) is 5.76. The molecule has 0 aliphatic heterocycles. The minimum Gasteiger partial charge on any atom is -0.487 e. The number of para-hydroxylation sites is 1. The Hall–Kier alpha value is -4.13. The van der Waals surface area contributed by atoms with Gasteiger partial charge in [-0.05, 0) is 67.1 Å². The molecule has 5 rings (SSSR count). The molecule has 1 aliphatic rings. The Labute approximate surface area is 216 Å². The third-order valence-corrected chi connectivity index (χ3v) is 6.88. The lowest BCUT2D eigenvalue weighted by molar-refractivity contribution is -0.142. The van der Waals surface area contributed by atoms with Gasteiger partial charge in [-0.15, -0.1) is 0 Å². The Balaban J connectivity index is 1.46. The summed E-state index contributed by atoms with van der Waals surface area (Å²) in [7, 11) is 0. The molecule has 1 N–H and O–H groups in total. The molecule has 1 fully saturated rings. The summed E-state index contributed by atoms with van der Waals surface area (Å²) >= 11 is 0. The topological polar surface area (TPSA) is 82.4 Å². The number of anilines is 1. The van der Waals surface area contributed by atoms with Gasteiger partial charge in [0.1, 0.15) is 18.1 Å². The minimum absolute atomic E-state index is 0.163. The fourth-order valence-electron chi connectivity index (χ4n) is 4.75. The van der Waals surface area contributed by atoms with Crippen LogP contribution in [0, 0.1) is 5.92 Å². The van der Waals surface area contributed by atoms with Gasteiger partial charge in [-0.2, -0.15) is 5.10 Å². The fraction of sp³-hybridized carbons (Fsp3) is 0.300. The fourth-order valence-corrected chi connectivity index (χ4v) is 4.75. The average Bonchev–Trinajstić information content (AvgIpc) is 3.23. The average molecular weight is 498 g/mol. The molecule has 1 heterocycles. The number of nitrogens with one attached hydrogen (secondary N) is 1. The molecule has 7 heteroatoms. The van der Waals surface area contributed by atoms with Crippen LogP contribution >= 0.6 is 0 Å². The quantitative estimate of drug-likeness (QED) is 0.211. The second kappa shape index (κ2) is 11.3. The van der Waals surface area contributed by atoms with E-state index in [4.69, 9.17) is 14.6 Å². The summed E-state index contributed by atoms with van der Waals surface area (Å²) in [6.45, 7) is 3.33. The summed E-state index contributed by atoms with van der Waals surface area (Å²) in [5.41, 5.74) is 5.51. The van der Waals surface area contributed by atoms with Gasteiger partial charge < -0.3 is 14.8 Å². The Bertz CT molecular complexity index is 1410. The molecule has 0 unspecified atom stereocenters. The number of hydrogen-bond acceptors (Lipinski definition) is 5. The molecule has 1 amide bonds. The van der Waals surface area contributed by atoms with Gasteiger partial charge in [-0.3, -0.25) is 14.3 Å². The monoisotopic (exact) mass is 497 g/mol. The number of ether oxygens (including phenoxy) is 2. The molecule has 0 atom stereocenters. The third-order valence-electron chi connectivity index (χ3n) is 6.88. The van der Waals surface area contributed by atoms with Crippen LogP contribution in [-0.4, -0.2) is 28.8 Å². The van der Waals surface area contributed by atoms with Gasteiger partial charge in [-0.1, -0.05) is 42.8 Å². The van der Waals surface area contributed by atoms with Crippen molar-refractivity contribution >= 4 is 29.0 Å². The normalized spacial score (nSPS) is 13.2. The van der Waals surface area contributed by atoms with Crippen LogP contribution in [0.25, 0.3) is 22.0 Å². The molecule has 1 aliphatic carbocycles. The molecule has 4 aromatic rings. The van der Waals surface area contributed by atoms with Gasteiger partial charge in [0, 0.05) is 23.2 Å². The lowest BCUT2D eigenvalue weighted by Gasteiger charge is -2.25. The number of amides is 1. The summed E-state index contributed by atoms with van der Waals surface area (Å²) in [5, 5.41) is 8.72. The van der Waals surface area contributed by atoms with Gasteiger partial charge in [0.15, 0.2) is 0 Å². The van der Waals surface area contributed by atoms with Crippen LogP contribution in [0.4, 0.5) is 5.69 Å². The molecule has 0 radical (unpaired) electrons. The zero-order valence-corrected chi connectivity index (χ0v) is 21.0. The number of carbonyl (C=O) groups is 2. The Kier molecular flexibility index (Phi) is 7.49. The maximum absolute atomic E-state index is 12.1. The highest BCUT2D eigenvalue weighted by molar-refractivity contribution is 5.88. The van der Waals surface area contributed by atoms with Crippen molar-refractivity contribution in [2.24, 2.45) is 5.92 Å². The van der Waals surface area contributed by atoms with E-state index in [0.717, 1.165) is 45.5 Å². The first-order chi connectivity index (χ1) is 18.1. The highest BCUT2D eigenvalue weighted by Gasteiger charge is 2.21. The molecule has 190 valence electrons. The Morgan fingerprint density at radius 1 is 1.08 bits per heavy atom. The van der Waals surface area contributed by atoms with E-state index in [2.05, 4.69) is 28.2 Å². The highest BCUT2D eigenvalue weighted by atomic mass is 16.5. The van der Waals surface area contributed by atoms with E-state index in [-0.39, 0.29) is 19.0 Å². The van der Waals surface area contributed by atoms with E-state index >= 15 is 0 Å². The van der Waals surface area contributed by atoms with E-state index in [1.807, 2.05) is 48.5 Å². The number of hydrogen-bond donors (Lipinski definition) is 1. The largest absolute Gasteiger partial charge is 0.487 e. The molecule has 1 saturated carbocycles. The number of rotatable bonds is 11. The van der Waals surface area contributed by atoms with Gasteiger partial charge >= 0.3 is 5.97 Å². The van der Waals surface area contributed by atoms with E-state index in [0.29, 0.717) is 24.7 Å². The number of nitrogens with zero attached hydrogens (tertiary/aromatic N) is 2. The van der Waals surface area contributed by atoms with Crippen molar-refractivity contribution in [3.63, 3.8) is 0 Å². The molecule has 7 nitrogen and oxygen atoms in total. The van der Waals surface area contributed by atoms with Crippen molar-refractivity contribution in [2.75, 3.05) is 11.9 Å². The van der Waals surface area contributed by atoms with Gasteiger partial charge in [0.2, 0.25) is 6.41 Å². The maximum atomic E-state index is 12.1. The number of fused-ring (bicyclic) bond motifs is 1. The summed E-state index contributed by atoms with van der Waals surface area (Å²) in [4.78, 5) is 23.0. The van der Waals surface area contributed by atoms with Crippen molar-refractivity contribution < 1.29 is 19.1 Å². The van der Waals surface area contributed by atoms with Gasteiger partial charge in [-0.25, -0.2) is 0 Å². The lowest BCUT2D eigenvalue weighted by atomic mass is 9.85. The molecule has 0 saturated heterocycles. The van der Waals surface area contributed by atoms with Crippen LogP contribution in [0.15, 0.2) is 66.7 Å². The minimum atomic E-state index is -0.273. The molecule has 0 bridgehead atoms. The van der Waals surface area contributed by atoms with Crippen molar-refractivity contribution in [2.45, 2.75) is 45.8 Å². The molecule has 1 aromatic heterocycles. The zero-order valence-electron chi connectivity index (χ0n) is 21.0. The molecule has 3 aromatic carbocycles. The summed E-state index contributed by atoms with van der Waals surface area (Å²) in [6, 6.07) is 21.7. The van der Waals surface area contributed by atoms with Crippen LogP contribution in [0.2, 0.25) is 0 Å². The molecular weight excluding hydrogens is 466 g/mol. The number of aromatic nitrogens is 2. The van der Waals surface area contributed by atoms with E-state index in [1.165, 1.54) is 19.3 Å². The van der Waals surface area contributed by atoms with Crippen molar-refractivity contribution in [3.8, 4) is 16.9 Å². The molecular formula is C30H31N3O4. The van der Waals surface area contributed by atoms with Crippen LogP contribution in [0.1, 0.15) is 37.4 Å². The first-order valence-corrected chi connectivity index (χ1v) is 12.8. The second-order valence-electron chi connectivity index (χ2n) is 9.38. The standard InChI is InChI=1S/C30H31N3O4/c1-2-36-30(35)17-24-9-3-4-12-29(24)37-19-27-26-16-23(22-10-6-11-25(15-22)31-20-34)13-14-28(26)33(32-27)18-21-7-5-8-21/h3-4,6,9-16,20-21H,2,5,7-8,17-19H2,1H3,(H,31,34). The van der Waals surface area contributed by atoms with Crippen molar-refractivity contribution in [1.29, 1.82) is 0 Å². The summed E-state index contributed by atoms with van der Waals surface area (Å²) in [5.74, 6) is 1.04. The smallest absolute Gasteiger partial charge is 0.310 e. The van der Waals surface area contributed by atoms with E-state index in [1.54, 1.807) is 6.92 Å². The van der Waals surface area contributed by atoms with Crippen LogP contribution in [0.5, 0.6) is 5.75 Å². The Morgan fingerprint density at radius 2 is 1.92 bits per heavy atom. The van der Waals surface area contributed by atoms with Crippen LogP contribution in [-0.2, 0) is 33.9 Å². The molecule has 37 heavy (non-hydrogen) atoms. The number of benzene rings is 3. The summed E-state index contributed by atoms with van der Waals surface area (Å²) in [6.07, 6.45) is 4.61. The number of carbonyl (C=O) groups excluding carboxylic acids is 2. The van der Waals surface area contributed by atoms with Crippen LogP contribution in [0.3, 0.4) is 0 Å². The van der Waals surface area contributed by atoms with Gasteiger partial charge in [0.05, 0.1) is 18.5 Å². The number of esters is 1. The maximum Gasteiger partial charge on any atom is 0.310 e. The SMILES string of the molecule is CCOC(=O)Cc1ccccc1OCc1nn(CC2CCC2)c2ccc(-c3cccc(NC=O)c3)cc12. The first kappa shape index (κ1) is 24.6. The highest BCUT2D eigenvalue weighted by Crippen LogP contribution is 2.32. The predicted molar refractivity (Wildman–Crippen MR) is 143 cm³/mol. The lowest BCUT2D eigenvalue weighted by Crippen LogP contribution is -2.18. The summed E-state index contributed by atoms with van der Waals surface area (Å²) < 4.78 is 13.5. The molecule has 0 spiro atoms. The van der Waals surface area contributed by atoms with E-state index in [9.17, 15) is 9.59 Å². The second-order valence-corrected chi connectivity index (χ2v) is 9.38. The van der Waals surface area contributed by atoms with Crippen LogP contribution < -0.4 is 10.1 Å². The van der Waals surface area contributed by atoms with Gasteiger partial charge in [0.25, 0.3) is 0 Å². The third kappa shape index (κ3) is 5.66. The van der Waals surface area contributed by atoms with Crippen molar-refractivity contribution in [1.82, 2.24) is 9.78 Å². The first-order valence-electron chi connectivity index (χ1n) is 12.8. The zero-order chi connectivity index (χ0) is 25.6. The van der Waals surface area contributed by atoms with E-state index < -0.39 is 0 Å². The van der Waals surface area contributed by atoms with Crippen molar-refractivity contribution in [3.05, 3.63) is 78.0 Å².